The van der Waals surface area contributed by atoms with Crippen molar-refractivity contribution in [2.75, 3.05) is 19.6 Å². The van der Waals surface area contributed by atoms with E-state index in [2.05, 4.69) is 59.3 Å². The topological polar surface area (TPSA) is 51.4 Å². The molecule has 1 aliphatic carbocycles. The molecule has 2 aromatic carbocycles. The van der Waals surface area contributed by atoms with Crippen LogP contribution < -0.4 is 10.5 Å². The van der Waals surface area contributed by atoms with E-state index in [1.165, 1.54) is 22.2 Å². The molecule has 2 aliphatic rings. The Morgan fingerprint density at radius 3 is 3.00 bits per heavy atom. The van der Waals surface area contributed by atoms with Gasteiger partial charge in [-0.1, -0.05) is 24.3 Å². The van der Waals surface area contributed by atoms with Crippen molar-refractivity contribution >= 4 is 21.6 Å². The van der Waals surface area contributed by atoms with Crippen LogP contribution in [0.4, 0.5) is 0 Å². The zero-order chi connectivity index (χ0) is 18.4. The Morgan fingerprint density at radius 1 is 1.26 bits per heavy atom. The Kier molecular flexibility index (Phi) is 4.38. The van der Waals surface area contributed by atoms with Crippen LogP contribution in [0.2, 0.25) is 0 Å². The summed E-state index contributed by atoms with van der Waals surface area (Å²) >= 11 is 1.73. The number of likely N-dealkylation sites (tertiary alicyclic amines) is 1. The van der Waals surface area contributed by atoms with Crippen LogP contribution in [0.15, 0.2) is 42.5 Å². The lowest BCUT2D eigenvalue weighted by Crippen LogP contribution is -2.39. The van der Waals surface area contributed by atoms with Crippen molar-refractivity contribution in [3.05, 3.63) is 58.6 Å². The van der Waals surface area contributed by atoms with Gasteiger partial charge in [-0.05, 0) is 62.0 Å². The number of thiazole rings is 1. The van der Waals surface area contributed by atoms with Crippen molar-refractivity contribution in [2.45, 2.75) is 31.9 Å². The first-order valence-electron chi connectivity index (χ1n) is 9.77. The van der Waals surface area contributed by atoms with Crippen LogP contribution in [0.5, 0.6) is 5.75 Å². The number of aryl methyl sites for hydroxylation is 1. The summed E-state index contributed by atoms with van der Waals surface area (Å²) in [5.41, 5.74) is 9.70. The lowest BCUT2D eigenvalue weighted by molar-refractivity contribution is 0.0918. The summed E-state index contributed by atoms with van der Waals surface area (Å²) in [6.45, 7) is 5.03. The number of hydrogen-bond donors (Lipinski definition) is 1. The second kappa shape index (κ2) is 6.89. The van der Waals surface area contributed by atoms with Gasteiger partial charge in [-0.15, -0.1) is 11.3 Å². The third kappa shape index (κ3) is 3.14. The molecule has 0 bridgehead atoms. The van der Waals surface area contributed by atoms with Crippen molar-refractivity contribution in [3.63, 3.8) is 0 Å². The van der Waals surface area contributed by atoms with Gasteiger partial charge in [-0.25, -0.2) is 4.98 Å². The molecule has 1 aromatic heterocycles. The molecule has 1 saturated heterocycles. The molecule has 0 radical (unpaired) electrons. The molecule has 1 fully saturated rings. The highest BCUT2D eigenvalue weighted by Gasteiger charge is 2.40. The maximum Gasteiger partial charge on any atom is 0.140 e. The number of fused-ring (bicyclic) bond motifs is 2. The minimum atomic E-state index is 0.0647. The van der Waals surface area contributed by atoms with Crippen LogP contribution in [-0.4, -0.2) is 35.6 Å². The van der Waals surface area contributed by atoms with Gasteiger partial charge in [0, 0.05) is 12.6 Å². The number of rotatable bonds is 4. The molecule has 27 heavy (non-hydrogen) atoms. The van der Waals surface area contributed by atoms with Crippen LogP contribution in [-0.2, 0) is 6.42 Å². The lowest BCUT2D eigenvalue weighted by Gasteiger charge is -2.30. The molecule has 5 heteroatoms. The summed E-state index contributed by atoms with van der Waals surface area (Å²) in [7, 11) is 0. The van der Waals surface area contributed by atoms with Crippen LogP contribution in [0.25, 0.3) is 10.2 Å². The highest BCUT2D eigenvalue weighted by atomic mass is 32.1. The summed E-state index contributed by atoms with van der Waals surface area (Å²) in [6.07, 6.45) is 2.31. The average molecular weight is 380 g/mol. The van der Waals surface area contributed by atoms with Gasteiger partial charge in [-0.3, -0.25) is 4.90 Å². The number of hydrogen-bond acceptors (Lipinski definition) is 5. The Labute approximate surface area is 164 Å². The Hall–Kier alpha value is -1.95. The van der Waals surface area contributed by atoms with Crippen LogP contribution in [0, 0.1) is 12.8 Å². The van der Waals surface area contributed by atoms with E-state index in [9.17, 15) is 0 Å². The summed E-state index contributed by atoms with van der Waals surface area (Å²) in [5.74, 6) is 1.53. The zero-order valence-electron chi connectivity index (χ0n) is 15.6. The van der Waals surface area contributed by atoms with E-state index in [4.69, 9.17) is 10.5 Å². The SMILES string of the molecule is Cc1nc2cc(O[C@@H]3c4ccccc4C[C@H]3N3CCC(CN)C3)ccc2s1. The van der Waals surface area contributed by atoms with Gasteiger partial charge in [0.1, 0.15) is 11.9 Å². The van der Waals surface area contributed by atoms with Crippen molar-refractivity contribution in [3.8, 4) is 5.75 Å². The first-order chi connectivity index (χ1) is 13.2. The Balaban J connectivity index is 1.46. The molecule has 0 spiro atoms. The molecular formula is C22H25N3OS. The molecule has 1 aliphatic heterocycles. The predicted octanol–water partition coefficient (Wildman–Crippen LogP) is 3.93. The van der Waals surface area contributed by atoms with Gasteiger partial charge in [0.15, 0.2) is 0 Å². The highest BCUT2D eigenvalue weighted by molar-refractivity contribution is 7.18. The highest BCUT2D eigenvalue weighted by Crippen LogP contribution is 2.40. The molecule has 4 nitrogen and oxygen atoms in total. The van der Waals surface area contributed by atoms with Crippen molar-refractivity contribution in [1.82, 2.24) is 9.88 Å². The van der Waals surface area contributed by atoms with E-state index >= 15 is 0 Å². The number of nitrogens with two attached hydrogens (primary N) is 1. The molecule has 3 aromatic rings. The van der Waals surface area contributed by atoms with Crippen LogP contribution in [0.3, 0.4) is 0 Å². The standard InChI is InChI=1S/C22H25N3OS/c1-14-24-19-11-17(6-7-21(19)27-14)26-22-18-5-3-2-4-16(18)10-20(22)25-9-8-15(12-23)13-25/h2-7,11,15,20,22H,8-10,12-13,23H2,1H3/t15?,20-,22-/m1/s1. The normalized spacial score (nSPS) is 25.2. The fourth-order valence-electron chi connectivity index (χ4n) is 4.60. The minimum absolute atomic E-state index is 0.0647. The van der Waals surface area contributed by atoms with Crippen molar-refractivity contribution in [1.29, 1.82) is 0 Å². The number of benzene rings is 2. The van der Waals surface area contributed by atoms with Crippen LogP contribution in [0.1, 0.15) is 28.7 Å². The third-order valence-electron chi connectivity index (χ3n) is 5.99. The summed E-state index contributed by atoms with van der Waals surface area (Å²) < 4.78 is 7.82. The van der Waals surface area contributed by atoms with Gasteiger partial charge in [-0.2, -0.15) is 0 Å². The van der Waals surface area contributed by atoms with Gasteiger partial charge in [0.05, 0.1) is 21.3 Å². The van der Waals surface area contributed by atoms with Crippen molar-refractivity contribution < 1.29 is 4.74 Å². The predicted molar refractivity (Wildman–Crippen MR) is 110 cm³/mol. The Bertz CT molecular complexity index is 969. The van der Waals surface area contributed by atoms with E-state index in [0.29, 0.717) is 12.0 Å². The average Bonchev–Trinajstić information content (AvgIpc) is 3.37. The van der Waals surface area contributed by atoms with Crippen LogP contribution >= 0.6 is 11.3 Å². The van der Waals surface area contributed by atoms with E-state index in [1.54, 1.807) is 11.3 Å². The maximum absolute atomic E-state index is 6.60. The second-order valence-corrected chi connectivity index (χ2v) is 8.99. The molecule has 2 N–H and O–H groups in total. The van der Waals surface area contributed by atoms with E-state index in [-0.39, 0.29) is 6.10 Å². The molecule has 140 valence electrons. The number of aromatic nitrogens is 1. The van der Waals surface area contributed by atoms with E-state index in [1.807, 2.05) is 0 Å². The molecule has 3 atom stereocenters. The summed E-state index contributed by atoms with van der Waals surface area (Å²) in [6, 6.07) is 15.4. The molecule has 0 saturated carbocycles. The third-order valence-corrected chi connectivity index (χ3v) is 6.94. The number of ether oxygens (including phenoxy) is 1. The molecule has 1 unspecified atom stereocenters. The molecule has 2 heterocycles. The van der Waals surface area contributed by atoms with Crippen molar-refractivity contribution in [2.24, 2.45) is 11.7 Å². The van der Waals surface area contributed by atoms with Gasteiger partial charge >= 0.3 is 0 Å². The fourth-order valence-corrected chi connectivity index (χ4v) is 5.41. The first-order valence-corrected chi connectivity index (χ1v) is 10.6. The summed E-state index contributed by atoms with van der Waals surface area (Å²) in [5, 5.41) is 1.09. The maximum atomic E-state index is 6.60. The molecular weight excluding hydrogens is 354 g/mol. The van der Waals surface area contributed by atoms with E-state index < -0.39 is 0 Å². The second-order valence-electron chi connectivity index (χ2n) is 7.76. The summed E-state index contributed by atoms with van der Waals surface area (Å²) in [4.78, 5) is 7.22. The fraction of sp³-hybridized carbons (Fsp3) is 0.409. The quantitative estimate of drug-likeness (QED) is 0.746. The molecule has 0 amide bonds. The Morgan fingerprint density at radius 2 is 2.15 bits per heavy atom. The van der Waals surface area contributed by atoms with E-state index in [0.717, 1.165) is 42.3 Å². The minimum Gasteiger partial charge on any atom is -0.484 e. The first kappa shape index (κ1) is 17.2. The largest absolute Gasteiger partial charge is 0.484 e. The molecule has 5 rings (SSSR count). The number of nitrogens with zero attached hydrogens (tertiary/aromatic N) is 2. The zero-order valence-corrected chi connectivity index (χ0v) is 16.4. The van der Waals surface area contributed by atoms with Gasteiger partial charge in [0.25, 0.3) is 0 Å². The lowest BCUT2D eigenvalue weighted by atomic mass is 10.1. The van der Waals surface area contributed by atoms with Gasteiger partial charge in [0.2, 0.25) is 0 Å². The van der Waals surface area contributed by atoms with Gasteiger partial charge < -0.3 is 10.5 Å². The monoisotopic (exact) mass is 379 g/mol. The smallest absolute Gasteiger partial charge is 0.140 e.